The molecule has 1 aliphatic heterocycles. The van der Waals surface area contributed by atoms with Gasteiger partial charge < -0.3 is 10.2 Å². The van der Waals surface area contributed by atoms with Crippen LogP contribution in [0.1, 0.15) is 23.7 Å². The number of nitrogens with one attached hydrogen (secondary N) is 2. The molecule has 8 heteroatoms. The number of hydrogen-bond donors (Lipinski definition) is 2. The fourth-order valence-electron chi connectivity index (χ4n) is 2.34. The molecule has 1 saturated heterocycles. The van der Waals surface area contributed by atoms with Crippen molar-refractivity contribution >= 4 is 21.7 Å². The van der Waals surface area contributed by atoms with E-state index < -0.39 is 15.3 Å². The molecule has 2 heterocycles. The monoisotopic (exact) mass is 312 g/mol. The van der Waals surface area contributed by atoms with Crippen molar-refractivity contribution in [1.82, 2.24) is 14.6 Å². The maximum atomic E-state index is 12.3. The van der Waals surface area contributed by atoms with Gasteiger partial charge in [-0.05, 0) is 18.6 Å². The van der Waals surface area contributed by atoms with Crippen molar-refractivity contribution < 1.29 is 13.2 Å². The molecular weight excluding hydrogens is 292 g/mol. The van der Waals surface area contributed by atoms with Crippen molar-refractivity contribution in [1.29, 1.82) is 0 Å². The normalized spacial score (nSPS) is 18.8. The zero-order valence-electron chi connectivity index (χ0n) is 12.2. The summed E-state index contributed by atoms with van der Waals surface area (Å²) in [5, 5.41) is 2.34. The number of carbonyl (C=O) groups excluding carboxylic acids is 1. The van der Waals surface area contributed by atoms with Crippen molar-refractivity contribution in [2.24, 2.45) is 0 Å². The molecule has 0 saturated carbocycles. The Bertz CT molecular complexity index is 600. The fraction of sp³-hybridized carbons (Fsp3) is 0.538. The second-order valence-corrected chi connectivity index (χ2v) is 6.93. The molecule has 0 bridgehead atoms. The summed E-state index contributed by atoms with van der Waals surface area (Å²) < 4.78 is 26.4. The van der Waals surface area contributed by atoms with Crippen molar-refractivity contribution in [2.75, 3.05) is 32.0 Å². The topological polar surface area (TPSA) is 91.4 Å². The largest absolute Gasteiger partial charge is 0.373 e. The van der Waals surface area contributed by atoms with Gasteiger partial charge >= 0.3 is 0 Å². The first-order valence-corrected chi connectivity index (χ1v) is 8.44. The number of aromatic nitrogens is 1. The molecule has 21 heavy (non-hydrogen) atoms. The summed E-state index contributed by atoms with van der Waals surface area (Å²) in [5.74, 6) is 0.500. The number of rotatable bonds is 5. The minimum atomic E-state index is -3.34. The highest BCUT2D eigenvalue weighted by atomic mass is 32.2. The Morgan fingerprint density at radius 2 is 2.24 bits per heavy atom. The minimum Gasteiger partial charge on any atom is -0.373 e. The third kappa shape index (κ3) is 3.51. The second kappa shape index (κ2) is 6.40. The van der Waals surface area contributed by atoms with Crippen molar-refractivity contribution in [3.8, 4) is 0 Å². The molecule has 2 rings (SSSR count). The van der Waals surface area contributed by atoms with Gasteiger partial charge in [0.2, 0.25) is 10.0 Å². The Kier molecular flexibility index (Phi) is 4.79. The van der Waals surface area contributed by atoms with Gasteiger partial charge in [0.25, 0.3) is 5.91 Å². The lowest BCUT2D eigenvalue weighted by molar-refractivity contribution is 0.0793. The number of hydrogen-bond acceptors (Lipinski definition) is 5. The first kappa shape index (κ1) is 15.7. The summed E-state index contributed by atoms with van der Waals surface area (Å²) >= 11 is 0. The van der Waals surface area contributed by atoms with E-state index in [-0.39, 0.29) is 12.5 Å². The third-order valence-electron chi connectivity index (χ3n) is 3.48. The maximum absolute atomic E-state index is 12.3. The van der Waals surface area contributed by atoms with Gasteiger partial charge in [-0.15, -0.1) is 0 Å². The first-order valence-electron chi connectivity index (χ1n) is 6.89. The van der Waals surface area contributed by atoms with E-state index in [2.05, 4.69) is 15.0 Å². The van der Waals surface area contributed by atoms with E-state index in [0.717, 1.165) is 0 Å². The van der Waals surface area contributed by atoms with E-state index >= 15 is 0 Å². The number of likely N-dealkylation sites (tertiary alicyclic amines) is 1. The van der Waals surface area contributed by atoms with Gasteiger partial charge in [-0.2, -0.15) is 0 Å². The Morgan fingerprint density at radius 3 is 2.81 bits per heavy atom. The van der Waals surface area contributed by atoms with Crippen LogP contribution in [0.3, 0.4) is 0 Å². The smallest absolute Gasteiger partial charge is 0.255 e. The number of nitrogens with zero attached hydrogens (tertiary/aromatic N) is 2. The van der Waals surface area contributed by atoms with Crippen LogP contribution in [0.25, 0.3) is 0 Å². The van der Waals surface area contributed by atoms with E-state index in [1.54, 1.807) is 31.0 Å². The maximum Gasteiger partial charge on any atom is 0.255 e. The molecule has 7 nitrogen and oxygen atoms in total. The summed E-state index contributed by atoms with van der Waals surface area (Å²) in [4.78, 5) is 18.0. The highest BCUT2D eigenvalue weighted by Crippen LogP contribution is 2.18. The molecule has 1 aliphatic rings. The predicted molar refractivity (Wildman–Crippen MR) is 80.7 cm³/mol. The molecule has 0 aliphatic carbocycles. The molecule has 0 radical (unpaired) electrons. The van der Waals surface area contributed by atoms with Crippen LogP contribution < -0.4 is 10.0 Å². The summed E-state index contributed by atoms with van der Waals surface area (Å²) in [5.41, 5.74) is 0.468. The Hall–Kier alpha value is -1.67. The SMILES string of the molecule is CCNS(=O)(=O)C1CCN(C(=O)c2ccc(NC)nc2)C1. The van der Waals surface area contributed by atoms with Crippen LogP contribution in [-0.2, 0) is 10.0 Å². The molecule has 2 N–H and O–H groups in total. The van der Waals surface area contributed by atoms with Crippen molar-refractivity contribution in [2.45, 2.75) is 18.6 Å². The number of amides is 1. The molecule has 1 atom stereocenters. The third-order valence-corrected chi connectivity index (χ3v) is 5.44. The summed E-state index contributed by atoms with van der Waals surface area (Å²) in [6.07, 6.45) is 1.96. The summed E-state index contributed by atoms with van der Waals surface area (Å²) in [7, 11) is -1.59. The van der Waals surface area contributed by atoms with E-state index in [9.17, 15) is 13.2 Å². The summed E-state index contributed by atoms with van der Waals surface area (Å²) in [6.45, 7) is 2.77. The van der Waals surface area contributed by atoms with Crippen molar-refractivity contribution in [3.63, 3.8) is 0 Å². The van der Waals surface area contributed by atoms with Crippen LogP contribution in [0.15, 0.2) is 18.3 Å². The lowest BCUT2D eigenvalue weighted by atomic mass is 10.2. The number of sulfonamides is 1. The van der Waals surface area contributed by atoms with E-state index in [4.69, 9.17) is 0 Å². The van der Waals surface area contributed by atoms with Crippen LogP contribution in [0.2, 0.25) is 0 Å². The molecule has 0 spiro atoms. The zero-order chi connectivity index (χ0) is 15.5. The molecule has 1 aromatic heterocycles. The van der Waals surface area contributed by atoms with Crippen LogP contribution in [0, 0.1) is 0 Å². The molecule has 1 unspecified atom stereocenters. The van der Waals surface area contributed by atoms with Crippen LogP contribution in [-0.4, -0.2) is 56.1 Å². The predicted octanol–water partition coefficient (Wildman–Crippen LogP) is 0.277. The van der Waals surface area contributed by atoms with Gasteiger partial charge in [0.1, 0.15) is 5.82 Å². The second-order valence-electron chi connectivity index (χ2n) is 4.89. The molecular formula is C13H20N4O3S. The molecule has 1 amide bonds. The molecule has 1 fully saturated rings. The van der Waals surface area contributed by atoms with Crippen LogP contribution in [0.5, 0.6) is 0 Å². The van der Waals surface area contributed by atoms with Gasteiger partial charge in [0.05, 0.1) is 10.8 Å². The van der Waals surface area contributed by atoms with Gasteiger partial charge in [-0.25, -0.2) is 18.1 Å². The van der Waals surface area contributed by atoms with Gasteiger partial charge in [0, 0.05) is 32.9 Å². The van der Waals surface area contributed by atoms with Gasteiger partial charge in [-0.3, -0.25) is 4.79 Å². The van der Waals surface area contributed by atoms with E-state index in [1.807, 2.05) is 0 Å². The first-order chi connectivity index (χ1) is 9.97. The standard InChI is InChI=1S/C13H20N4O3S/c1-3-16-21(19,20)11-6-7-17(9-11)13(18)10-4-5-12(14-2)15-8-10/h4-5,8,11,16H,3,6-7,9H2,1-2H3,(H,14,15). The molecule has 1 aromatic rings. The number of pyridine rings is 1. The Balaban J connectivity index is 2.05. The van der Waals surface area contributed by atoms with Gasteiger partial charge in [-0.1, -0.05) is 6.92 Å². The van der Waals surface area contributed by atoms with E-state index in [0.29, 0.717) is 30.9 Å². The van der Waals surface area contributed by atoms with Crippen LogP contribution >= 0.6 is 0 Å². The van der Waals surface area contributed by atoms with E-state index in [1.165, 1.54) is 6.20 Å². The summed E-state index contributed by atoms with van der Waals surface area (Å²) in [6, 6.07) is 3.41. The Labute approximate surface area is 124 Å². The molecule has 116 valence electrons. The number of anilines is 1. The van der Waals surface area contributed by atoms with Crippen molar-refractivity contribution in [3.05, 3.63) is 23.9 Å². The quantitative estimate of drug-likeness (QED) is 0.815. The molecule has 0 aromatic carbocycles. The highest BCUT2D eigenvalue weighted by Gasteiger charge is 2.35. The average Bonchev–Trinajstić information content (AvgIpc) is 2.97. The zero-order valence-corrected chi connectivity index (χ0v) is 13.0. The van der Waals surface area contributed by atoms with Gasteiger partial charge in [0.15, 0.2) is 0 Å². The lowest BCUT2D eigenvalue weighted by Gasteiger charge is -2.17. The lowest BCUT2D eigenvalue weighted by Crippen LogP contribution is -2.37. The Morgan fingerprint density at radius 1 is 1.48 bits per heavy atom. The minimum absolute atomic E-state index is 0.181. The van der Waals surface area contributed by atoms with Crippen LogP contribution in [0.4, 0.5) is 5.82 Å². The fourth-order valence-corrected chi connectivity index (χ4v) is 3.77. The average molecular weight is 312 g/mol. The highest BCUT2D eigenvalue weighted by molar-refractivity contribution is 7.90. The number of carbonyl (C=O) groups is 1.